The zero-order valence-corrected chi connectivity index (χ0v) is 28.0. The number of benzene rings is 6. The van der Waals surface area contributed by atoms with E-state index in [-0.39, 0.29) is 17.5 Å². The van der Waals surface area contributed by atoms with Crippen molar-refractivity contribution >= 4 is 35.6 Å². The van der Waals surface area contributed by atoms with Crippen LogP contribution in [0.25, 0.3) is 27.1 Å². The number of rotatable bonds is 5. The van der Waals surface area contributed by atoms with Gasteiger partial charge < -0.3 is 9.05 Å². The van der Waals surface area contributed by atoms with Crippen molar-refractivity contribution in [3.63, 3.8) is 0 Å². The maximum absolute atomic E-state index is 7.23. The first-order valence-electron chi connectivity index (χ1n) is 16.1. The third kappa shape index (κ3) is 5.82. The van der Waals surface area contributed by atoms with Crippen LogP contribution >= 0.6 is 8.53 Å². The summed E-state index contributed by atoms with van der Waals surface area (Å²) < 4.78 is 16.9. The lowest BCUT2D eigenvalue weighted by Crippen LogP contribution is -2.29. The average molecular weight is 622 g/mol. The van der Waals surface area contributed by atoms with Crippen LogP contribution in [0.1, 0.15) is 69.0 Å². The molecule has 0 spiro atoms. The Balaban J connectivity index is 1.52. The molecule has 2 atom stereocenters. The summed E-state index contributed by atoms with van der Waals surface area (Å²) in [5, 5.41) is 4.71. The number of nitrogens with zero attached hydrogens (tertiary/aromatic N) is 1. The molecule has 0 radical (unpaired) electrons. The van der Waals surface area contributed by atoms with Crippen LogP contribution in [0.4, 0.5) is 0 Å². The summed E-state index contributed by atoms with van der Waals surface area (Å²) >= 11 is 0. The van der Waals surface area contributed by atoms with Gasteiger partial charge in [0.15, 0.2) is 0 Å². The fourth-order valence-electron chi connectivity index (χ4n) is 6.58. The summed E-state index contributed by atoms with van der Waals surface area (Å²) in [5.74, 6) is 1.67. The summed E-state index contributed by atoms with van der Waals surface area (Å²) in [5.41, 5.74) is 5.69. The van der Waals surface area contributed by atoms with Gasteiger partial charge >= 0.3 is 8.53 Å². The standard InChI is InChI=1S/C42H40NO2P/c1-29(31-16-8-6-9-17-31)43(30(2)32-18-10-7-11-19-32)46-44-38-26-24-33-20-12-14-22-35(33)40(38)37(28-42(3,4)5)41-36-23-15-13-21-34(36)25-27-39(41)45-46/h6-30H,1-5H3/t29-,30-,46?/m0/s1. The average Bonchev–Trinajstić information content (AvgIpc) is 3.07. The Morgan fingerprint density at radius 3 is 1.39 bits per heavy atom. The highest BCUT2D eigenvalue weighted by Gasteiger charge is 2.38. The van der Waals surface area contributed by atoms with Crippen molar-refractivity contribution < 1.29 is 9.05 Å². The molecule has 0 aromatic heterocycles. The van der Waals surface area contributed by atoms with E-state index in [1.165, 1.54) is 32.7 Å². The van der Waals surface area contributed by atoms with E-state index in [1.54, 1.807) is 0 Å². The lowest BCUT2D eigenvalue weighted by atomic mass is 9.83. The first-order chi connectivity index (χ1) is 22.3. The molecule has 0 fully saturated rings. The second-order valence-electron chi connectivity index (χ2n) is 13.2. The van der Waals surface area contributed by atoms with Gasteiger partial charge in [-0.3, -0.25) is 0 Å². The van der Waals surface area contributed by atoms with Gasteiger partial charge in [0.05, 0.1) is 0 Å². The molecule has 0 unspecified atom stereocenters. The summed E-state index contributed by atoms with van der Waals surface area (Å²) in [4.78, 5) is 0. The van der Waals surface area contributed by atoms with Crippen LogP contribution in [0.2, 0.25) is 0 Å². The van der Waals surface area contributed by atoms with Crippen molar-refractivity contribution in [2.24, 2.45) is 5.41 Å². The van der Waals surface area contributed by atoms with Gasteiger partial charge in [0.1, 0.15) is 11.5 Å². The van der Waals surface area contributed by atoms with E-state index in [0.717, 1.165) is 28.2 Å². The Hall–Kier alpha value is -4.43. The predicted molar refractivity (Wildman–Crippen MR) is 194 cm³/mol. The third-order valence-electron chi connectivity index (χ3n) is 8.80. The minimum atomic E-state index is -1.63. The quantitative estimate of drug-likeness (QED) is 0.179. The Morgan fingerprint density at radius 2 is 0.957 bits per heavy atom. The van der Waals surface area contributed by atoms with Crippen molar-refractivity contribution in [1.29, 1.82) is 0 Å². The Bertz CT molecular complexity index is 1890. The molecule has 0 saturated carbocycles. The lowest BCUT2D eigenvalue weighted by molar-refractivity contribution is 0.247. The molecule has 3 nitrogen and oxygen atoms in total. The fourth-order valence-corrected chi connectivity index (χ4v) is 8.28. The smallest absolute Gasteiger partial charge is 0.385 e. The highest BCUT2D eigenvalue weighted by Crippen LogP contribution is 2.58. The van der Waals surface area contributed by atoms with E-state index >= 15 is 0 Å². The molecule has 0 bridgehead atoms. The van der Waals surface area contributed by atoms with Crippen LogP contribution in [0.15, 0.2) is 140 Å². The molecule has 0 amide bonds. The molecule has 0 aliphatic carbocycles. The molecule has 6 aromatic rings. The van der Waals surface area contributed by atoms with Crippen molar-refractivity contribution in [3.05, 3.63) is 162 Å². The number of allylic oxidation sites excluding steroid dienone is 1. The van der Waals surface area contributed by atoms with Crippen LogP contribution in [0.5, 0.6) is 11.5 Å². The fraction of sp³-hybridized carbons (Fsp3) is 0.190. The van der Waals surface area contributed by atoms with E-state index in [9.17, 15) is 0 Å². The van der Waals surface area contributed by atoms with Crippen molar-refractivity contribution in [3.8, 4) is 11.5 Å². The molecule has 0 N–H and O–H groups in total. The van der Waals surface area contributed by atoms with E-state index in [2.05, 4.69) is 179 Å². The number of hydrogen-bond acceptors (Lipinski definition) is 3. The molecule has 1 aliphatic heterocycles. The highest BCUT2D eigenvalue weighted by atomic mass is 31.2. The number of hydrogen-bond donors (Lipinski definition) is 0. The molecule has 4 heteroatoms. The van der Waals surface area contributed by atoms with Gasteiger partial charge in [0.2, 0.25) is 0 Å². The van der Waals surface area contributed by atoms with E-state index in [4.69, 9.17) is 9.05 Å². The zero-order chi connectivity index (χ0) is 31.8. The molecular weight excluding hydrogens is 581 g/mol. The van der Waals surface area contributed by atoms with Gasteiger partial charge in [-0.2, -0.15) is 0 Å². The zero-order valence-electron chi connectivity index (χ0n) is 27.1. The topological polar surface area (TPSA) is 21.7 Å². The van der Waals surface area contributed by atoms with Crippen LogP contribution in [0.3, 0.4) is 0 Å². The van der Waals surface area contributed by atoms with Gasteiger partial charge in [0, 0.05) is 23.2 Å². The van der Waals surface area contributed by atoms with Crippen LogP contribution in [0, 0.1) is 5.41 Å². The molecule has 1 aliphatic rings. The first kappa shape index (κ1) is 30.2. The summed E-state index contributed by atoms with van der Waals surface area (Å²) in [6.07, 6.45) is 2.39. The summed E-state index contributed by atoms with van der Waals surface area (Å²) in [6.45, 7) is 11.3. The van der Waals surface area contributed by atoms with Gasteiger partial charge in [0.25, 0.3) is 0 Å². The maximum Gasteiger partial charge on any atom is 0.385 e. The van der Waals surface area contributed by atoms with Crippen molar-refractivity contribution in [2.75, 3.05) is 0 Å². The predicted octanol–water partition coefficient (Wildman–Crippen LogP) is 12.3. The van der Waals surface area contributed by atoms with Gasteiger partial charge in [-0.15, -0.1) is 0 Å². The normalized spacial score (nSPS) is 16.0. The Morgan fingerprint density at radius 1 is 0.543 bits per heavy atom. The van der Waals surface area contributed by atoms with Crippen LogP contribution in [-0.4, -0.2) is 4.67 Å². The monoisotopic (exact) mass is 621 g/mol. The lowest BCUT2D eigenvalue weighted by Gasteiger charge is -2.40. The van der Waals surface area contributed by atoms with Gasteiger partial charge in [-0.1, -0.05) is 148 Å². The van der Waals surface area contributed by atoms with E-state index in [1.807, 2.05) is 0 Å². The molecule has 1 heterocycles. The Kier molecular flexibility index (Phi) is 8.15. The van der Waals surface area contributed by atoms with E-state index in [0.29, 0.717) is 0 Å². The second kappa shape index (κ2) is 12.4. The van der Waals surface area contributed by atoms with Crippen molar-refractivity contribution in [2.45, 2.75) is 46.7 Å². The minimum Gasteiger partial charge on any atom is -0.426 e. The largest absolute Gasteiger partial charge is 0.426 e. The molecular formula is C42H40NO2P. The SMILES string of the molecule is C[C@@H](c1ccccc1)N([C@@H](C)c1ccccc1)P1Oc2ccc3ccccc3c2C(=CC(C)(C)C)c2c(ccc3ccccc23)O1. The van der Waals surface area contributed by atoms with Crippen LogP contribution in [-0.2, 0) is 0 Å². The van der Waals surface area contributed by atoms with Gasteiger partial charge in [-0.05, 0) is 69.6 Å². The molecule has 46 heavy (non-hydrogen) atoms. The molecule has 6 aromatic carbocycles. The third-order valence-corrected chi connectivity index (χ3v) is 10.6. The second-order valence-corrected chi connectivity index (χ2v) is 14.5. The van der Waals surface area contributed by atoms with E-state index < -0.39 is 8.53 Å². The molecule has 230 valence electrons. The highest BCUT2D eigenvalue weighted by molar-refractivity contribution is 7.45. The van der Waals surface area contributed by atoms with Crippen molar-refractivity contribution in [1.82, 2.24) is 4.67 Å². The van der Waals surface area contributed by atoms with Gasteiger partial charge in [-0.25, -0.2) is 4.67 Å². The molecule has 0 saturated heterocycles. The summed E-state index contributed by atoms with van der Waals surface area (Å²) in [6, 6.07) is 47.3. The molecule has 7 rings (SSSR count). The maximum atomic E-state index is 7.23. The first-order valence-corrected chi connectivity index (χ1v) is 17.2. The van der Waals surface area contributed by atoms with Crippen LogP contribution < -0.4 is 9.05 Å². The summed E-state index contributed by atoms with van der Waals surface area (Å²) in [7, 11) is -1.63. The minimum absolute atomic E-state index is 0.0133. The number of fused-ring (bicyclic) bond motifs is 6. The Labute approximate surface area is 274 Å².